The number of allylic oxidation sites excluding steroid dienone is 1. The molecule has 0 fully saturated rings. The molecule has 0 N–H and O–H groups in total. The van der Waals surface area contributed by atoms with Gasteiger partial charge in [0.25, 0.3) is 0 Å². The van der Waals surface area contributed by atoms with E-state index in [1.165, 1.54) is 0 Å². The second kappa shape index (κ2) is 3.94. The first kappa shape index (κ1) is 8.83. The lowest BCUT2D eigenvalue weighted by Gasteiger charge is -1.92. The Bertz CT molecular complexity index is 330. The van der Waals surface area contributed by atoms with E-state index in [0.29, 0.717) is 10.6 Å². The Hall–Kier alpha value is -1.26. The fourth-order valence-corrected chi connectivity index (χ4v) is 0.967. The zero-order valence-corrected chi connectivity index (χ0v) is 7.47. The van der Waals surface area contributed by atoms with Gasteiger partial charge in [0.1, 0.15) is 0 Å². The standard InChI is InChI=1S/C10H8ClN/c1-8(7-12)6-9-2-4-10(11)5-3-9/h2-6H,1H3/b8-6+. The zero-order chi connectivity index (χ0) is 8.97. The number of rotatable bonds is 1. The van der Waals surface area contributed by atoms with Crippen molar-refractivity contribution >= 4 is 17.7 Å². The summed E-state index contributed by atoms with van der Waals surface area (Å²) in [6.45, 7) is 1.77. The van der Waals surface area contributed by atoms with Gasteiger partial charge in [0.15, 0.2) is 0 Å². The van der Waals surface area contributed by atoms with Gasteiger partial charge in [0, 0.05) is 10.6 Å². The van der Waals surface area contributed by atoms with Crippen LogP contribution in [-0.4, -0.2) is 0 Å². The lowest BCUT2D eigenvalue weighted by molar-refractivity contribution is 1.46. The first-order chi connectivity index (χ1) is 5.72. The highest BCUT2D eigenvalue weighted by atomic mass is 35.5. The molecule has 0 aliphatic heterocycles. The number of hydrogen-bond donors (Lipinski definition) is 0. The van der Waals surface area contributed by atoms with Crippen LogP contribution in [0.25, 0.3) is 6.08 Å². The van der Waals surface area contributed by atoms with E-state index in [1.807, 2.05) is 18.2 Å². The highest BCUT2D eigenvalue weighted by Gasteiger charge is 1.89. The molecule has 0 saturated heterocycles. The molecule has 0 bridgehead atoms. The molecule has 1 nitrogen and oxygen atoms in total. The van der Waals surface area contributed by atoms with Crippen LogP contribution in [0, 0.1) is 11.3 Å². The topological polar surface area (TPSA) is 23.8 Å². The number of benzene rings is 1. The molecule has 0 aliphatic carbocycles. The summed E-state index contributed by atoms with van der Waals surface area (Å²) in [5.74, 6) is 0. The van der Waals surface area contributed by atoms with Crippen LogP contribution < -0.4 is 0 Å². The Morgan fingerprint density at radius 1 is 1.42 bits per heavy atom. The molecule has 0 spiro atoms. The van der Waals surface area contributed by atoms with Gasteiger partial charge in [-0.15, -0.1) is 0 Å². The van der Waals surface area contributed by atoms with Crippen LogP contribution in [0.15, 0.2) is 29.8 Å². The molecule has 0 saturated carbocycles. The number of nitriles is 1. The third-order valence-electron chi connectivity index (χ3n) is 1.43. The minimum absolute atomic E-state index is 0.692. The molecule has 0 unspecified atom stereocenters. The summed E-state index contributed by atoms with van der Waals surface area (Å²) in [5, 5.41) is 9.22. The number of nitrogens with zero attached hydrogens (tertiary/aromatic N) is 1. The van der Waals surface area contributed by atoms with Gasteiger partial charge < -0.3 is 0 Å². The summed E-state index contributed by atoms with van der Waals surface area (Å²) in [6.07, 6.45) is 1.82. The van der Waals surface area contributed by atoms with Crippen LogP contribution in [-0.2, 0) is 0 Å². The summed E-state index contributed by atoms with van der Waals surface area (Å²) < 4.78 is 0. The van der Waals surface area contributed by atoms with E-state index in [-0.39, 0.29) is 0 Å². The molecule has 1 aromatic carbocycles. The molecule has 0 aromatic heterocycles. The van der Waals surface area contributed by atoms with Gasteiger partial charge in [0.2, 0.25) is 0 Å². The molecule has 2 heteroatoms. The minimum atomic E-state index is 0.692. The highest BCUT2D eigenvalue weighted by molar-refractivity contribution is 6.30. The van der Waals surface area contributed by atoms with Gasteiger partial charge in [-0.25, -0.2) is 0 Å². The molecule has 0 aliphatic rings. The Morgan fingerprint density at radius 3 is 2.50 bits per heavy atom. The van der Waals surface area contributed by atoms with E-state index in [2.05, 4.69) is 6.07 Å². The van der Waals surface area contributed by atoms with Gasteiger partial charge in [-0.1, -0.05) is 23.7 Å². The van der Waals surface area contributed by atoms with Gasteiger partial charge in [-0.2, -0.15) is 5.26 Å². The van der Waals surface area contributed by atoms with Crippen molar-refractivity contribution in [1.82, 2.24) is 0 Å². The Balaban J connectivity index is 2.93. The lowest BCUT2D eigenvalue weighted by Crippen LogP contribution is -1.73. The second-order valence-electron chi connectivity index (χ2n) is 2.49. The average Bonchev–Trinajstić information content (AvgIpc) is 2.09. The van der Waals surface area contributed by atoms with Gasteiger partial charge in [-0.3, -0.25) is 0 Å². The second-order valence-corrected chi connectivity index (χ2v) is 2.93. The van der Waals surface area contributed by atoms with E-state index < -0.39 is 0 Å². The fourth-order valence-electron chi connectivity index (χ4n) is 0.841. The summed E-state index contributed by atoms with van der Waals surface area (Å²) in [4.78, 5) is 0. The zero-order valence-electron chi connectivity index (χ0n) is 6.71. The Kier molecular flexibility index (Phi) is 2.90. The fraction of sp³-hybridized carbons (Fsp3) is 0.100. The molecular formula is C10H8ClN. The van der Waals surface area contributed by atoms with Crippen molar-refractivity contribution in [2.45, 2.75) is 6.92 Å². The number of halogens is 1. The van der Waals surface area contributed by atoms with E-state index in [9.17, 15) is 0 Å². The molecule has 60 valence electrons. The average molecular weight is 178 g/mol. The summed E-state index contributed by atoms with van der Waals surface area (Å²) >= 11 is 5.70. The van der Waals surface area contributed by atoms with E-state index >= 15 is 0 Å². The van der Waals surface area contributed by atoms with Crippen LogP contribution in [0.1, 0.15) is 12.5 Å². The molecule has 1 rings (SSSR count). The lowest BCUT2D eigenvalue weighted by atomic mass is 10.1. The van der Waals surface area contributed by atoms with Crippen molar-refractivity contribution in [1.29, 1.82) is 5.26 Å². The maximum Gasteiger partial charge on any atom is 0.0944 e. The van der Waals surface area contributed by atoms with Crippen molar-refractivity contribution in [3.8, 4) is 6.07 Å². The van der Waals surface area contributed by atoms with Crippen LogP contribution >= 0.6 is 11.6 Å². The SMILES string of the molecule is C/C(C#N)=C\c1ccc(Cl)cc1. The third-order valence-corrected chi connectivity index (χ3v) is 1.68. The maximum absolute atomic E-state index is 8.51. The predicted octanol–water partition coefficient (Wildman–Crippen LogP) is 3.27. The first-order valence-electron chi connectivity index (χ1n) is 3.56. The highest BCUT2D eigenvalue weighted by Crippen LogP contribution is 2.11. The van der Waals surface area contributed by atoms with Crippen molar-refractivity contribution in [3.63, 3.8) is 0 Å². The van der Waals surface area contributed by atoms with Gasteiger partial charge >= 0.3 is 0 Å². The predicted molar refractivity (Wildman–Crippen MR) is 50.7 cm³/mol. The minimum Gasteiger partial charge on any atom is -0.193 e. The van der Waals surface area contributed by atoms with Crippen LogP contribution in [0.3, 0.4) is 0 Å². The van der Waals surface area contributed by atoms with Gasteiger partial charge in [0.05, 0.1) is 6.07 Å². The normalized spacial score (nSPS) is 10.9. The molecule has 0 radical (unpaired) electrons. The Morgan fingerprint density at radius 2 is 2.00 bits per heavy atom. The smallest absolute Gasteiger partial charge is 0.0944 e. The molecule has 1 aromatic rings. The van der Waals surface area contributed by atoms with Crippen molar-refractivity contribution in [2.24, 2.45) is 0 Å². The monoisotopic (exact) mass is 177 g/mol. The molecular weight excluding hydrogens is 170 g/mol. The van der Waals surface area contributed by atoms with E-state index in [0.717, 1.165) is 5.56 Å². The first-order valence-corrected chi connectivity index (χ1v) is 3.94. The quantitative estimate of drug-likeness (QED) is 0.604. The van der Waals surface area contributed by atoms with E-state index in [1.54, 1.807) is 19.1 Å². The molecule has 0 amide bonds. The van der Waals surface area contributed by atoms with Crippen LogP contribution in [0.4, 0.5) is 0 Å². The third kappa shape index (κ3) is 2.41. The molecule has 12 heavy (non-hydrogen) atoms. The molecule has 0 heterocycles. The Labute approximate surface area is 76.9 Å². The molecule has 0 atom stereocenters. The summed E-state index contributed by atoms with van der Waals surface area (Å²) in [7, 11) is 0. The van der Waals surface area contributed by atoms with Crippen molar-refractivity contribution in [2.75, 3.05) is 0 Å². The van der Waals surface area contributed by atoms with Crippen LogP contribution in [0.5, 0.6) is 0 Å². The maximum atomic E-state index is 8.51. The largest absolute Gasteiger partial charge is 0.193 e. The van der Waals surface area contributed by atoms with Crippen molar-refractivity contribution in [3.05, 3.63) is 40.4 Å². The summed E-state index contributed by atoms with van der Waals surface area (Å²) in [5.41, 5.74) is 1.69. The van der Waals surface area contributed by atoms with E-state index in [4.69, 9.17) is 16.9 Å². The van der Waals surface area contributed by atoms with Crippen LogP contribution in [0.2, 0.25) is 5.02 Å². The van der Waals surface area contributed by atoms with Gasteiger partial charge in [-0.05, 0) is 30.7 Å². The summed E-state index contributed by atoms with van der Waals surface area (Å²) in [6, 6.07) is 9.42. The number of hydrogen-bond acceptors (Lipinski definition) is 1. The van der Waals surface area contributed by atoms with Crippen molar-refractivity contribution < 1.29 is 0 Å².